The fourth-order valence-electron chi connectivity index (χ4n) is 2.58. The van der Waals surface area contributed by atoms with Crippen molar-refractivity contribution in [2.24, 2.45) is 0 Å². The number of rotatable bonds is 2. The van der Waals surface area contributed by atoms with E-state index in [0.29, 0.717) is 12.8 Å². The fraction of sp³-hybridized carbons (Fsp3) is 0.250. The third kappa shape index (κ3) is 2.50. The third-order valence-electron chi connectivity index (χ3n) is 3.53. The Labute approximate surface area is 111 Å². The van der Waals surface area contributed by atoms with Gasteiger partial charge in [0.15, 0.2) is 0 Å². The van der Waals surface area contributed by atoms with Crippen molar-refractivity contribution in [3.63, 3.8) is 0 Å². The van der Waals surface area contributed by atoms with Gasteiger partial charge in [0.05, 0.1) is 12.7 Å². The molecule has 3 rings (SSSR count). The molecule has 19 heavy (non-hydrogen) atoms. The maximum atomic E-state index is 11.5. The van der Waals surface area contributed by atoms with Crippen LogP contribution in [0.15, 0.2) is 47.1 Å². The topological polar surface area (TPSA) is 47.3 Å². The van der Waals surface area contributed by atoms with Gasteiger partial charge < -0.3 is 4.42 Å². The Morgan fingerprint density at radius 1 is 0.947 bits per heavy atom. The zero-order valence-corrected chi connectivity index (χ0v) is 10.5. The molecule has 3 nitrogen and oxygen atoms in total. The van der Waals surface area contributed by atoms with Crippen LogP contribution in [0.2, 0.25) is 0 Å². The first kappa shape index (κ1) is 11.9. The standard InChI is InChI=1S/C16H14O3/c17-14-8-13(9-15(18)10-14)11-3-5-12(6-4-11)16-2-1-7-19-16/h1-7,13H,8-10H2. The second-order valence-corrected chi connectivity index (χ2v) is 4.96. The van der Waals surface area contributed by atoms with E-state index in [0.717, 1.165) is 16.9 Å². The lowest BCUT2D eigenvalue weighted by Crippen LogP contribution is -2.21. The number of Topliss-reactive ketones (excluding diaryl/α,β-unsaturated/α-hetero) is 2. The number of furan rings is 1. The number of carbonyl (C=O) groups excluding carboxylic acids is 2. The van der Waals surface area contributed by atoms with Crippen molar-refractivity contribution in [1.29, 1.82) is 0 Å². The Morgan fingerprint density at radius 3 is 2.21 bits per heavy atom. The second kappa shape index (κ2) is 4.84. The van der Waals surface area contributed by atoms with Crippen molar-refractivity contribution in [2.45, 2.75) is 25.2 Å². The summed E-state index contributed by atoms with van der Waals surface area (Å²) in [6.07, 6.45) is 2.71. The zero-order chi connectivity index (χ0) is 13.2. The van der Waals surface area contributed by atoms with Crippen LogP contribution >= 0.6 is 0 Å². The van der Waals surface area contributed by atoms with Gasteiger partial charge in [0.25, 0.3) is 0 Å². The molecule has 0 bridgehead atoms. The molecular weight excluding hydrogens is 240 g/mol. The molecule has 0 amide bonds. The normalized spacial score (nSPS) is 16.8. The average molecular weight is 254 g/mol. The van der Waals surface area contributed by atoms with Gasteiger partial charge >= 0.3 is 0 Å². The van der Waals surface area contributed by atoms with Crippen molar-refractivity contribution in [3.8, 4) is 11.3 Å². The molecule has 1 aromatic carbocycles. The van der Waals surface area contributed by atoms with Crippen molar-refractivity contribution >= 4 is 11.6 Å². The Morgan fingerprint density at radius 2 is 1.63 bits per heavy atom. The fourth-order valence-corrected chi connectivity index (χ4v) is 2.58. The first-order valence-corrected chi connectivity index (χ1v) is 6.39. The summed E-state index contributed by atoms with van der Waals surface area (Å²) < 4.78 is 5.33. The highest BCUT2D eigenvalue weighted by atomic mass is 16.3. The average Bonchev–Trinajstić information content (AvgIpc) is 2.91. The smallest absolute Gasteiger partial charge is 0.140 e. The molecule has 1 aliphatic carbocycles. The Bertz CT molecular complexity index is 577. The van der Waals surface area contributed by atoms with E-state index in [1.807, 2.05) is 36.4 Å². The second-order valence-electron chi connectivity index (χ2n) is 4.96. The molecule has 96 valence electrons. The Hall–Kier alpha value is -2.16. The van der Waals surface area contributed by atoms with Crippen LogP contribution in [0.1, 0.15) is 30.7 Å². The predicted octanol–water partition coefficient (Wildman–Crippen LogP) is 3.35. The van der Waals surface area contributed by atoms with E-state index in [1.54, 1.807) is 6.26 Å². The summed E-state index contributed by atoms with van der Waals surface area (Å²) in [4.78, 5) is 23.0. The van der Waals surface area contributed by atoms with Gasteiger partial charge in [-0.25, -0.2) is 0 Å². The van der Waals surface area contributed by atoms with Crippen molar-refractivity contribution in [3.05, 3.63) is 48.2 Å². The molecule has 0 unspecified atom stereocenters. The Balaban J connectivity index is 1.82. The van der Waals surface area contributed by atoms with E-state index in [2.05, 4.69) is 0 Å². The molecule has 0 spiro atoms. The minimum Gasteiger partial charge on any atom is -0.464 e. The van der Waals surface area contributed by atoms with E-state index in [-0.39, 0.29) is 23.9 Å². The van der Waals surface area contributed by atoms with Crippen molar-refractivity contribution in [2.75, 3.05) is 0 Å². The summed E-state index contributed by atoms with van der Waals surface area (Å²) in [5.41, 5.74) is 2.05. The number of ketones is 2. The van der Waals surface area contributed by atoms with Gasteiger partial charge in [0.1, 0.15) is 17.3 Å². The summed E-state index contributed by atoms with van der Waals surface area (Å²) in [5.74, 6) is 0.967. The summed E-state index contributed by atoms with van der Waals surface area (Å²) >= 11 is 0. The summed E-state index contributed by atoms with van der Waals surface area (Å²) in [6.45, 7) is 0. The molecule has 0 saturated heterocycles. The van der Waals surface area contributed by atoms with Crippen LogP contribution in [0.5, 0.6) is 0 Å². The van der Waals surface area contributed by atoms with Gasteiger partial charge in [0.2, 0.25) is 0 Å². The molecule has 1 aromatic heterocycles. The lowest BCUT2D eigenvalue weighted by molar-refractivity contribution is -0.130. The SMILES string of the molecule is O=C1CC(=O)CC(c2ccc(-c3ccco3)cc2)C1. The van der Waals surface area contributed by atoms with Gasteiger partial charge in [-0.1, -0.05) is 24.3 Å². The number of hydrogen-bond donors (Lipinski definition) is 0. The molecule has 1 saturated carbocycles. The van der Waals surface area contributed by atoms with Gasteiger partial charge in [-0.15, -0.1) is 0 Å². The maximum Gasteiger partial charge on any atom is 0.140 e. The number of carbonyl (C=O) groups is 2. The first-order valence-electron chi connectivity index (χ1n) is 6.39. The maximum absolute atomic E-state index is 11.5. The Kier molecular flexibility index (Phi) is 3.03. The molecule has 1 aliphatic rings. The van der Waals surface area contributed by atoms with Crippen LogP contribution in [-0.4, -0.2) is 11.6 Å². The summed E-state index contributed by atoms with van der Waals surface area (Å²) in [6, 6.07) is 11.7. The van der Waals surface area contributed by atoms with Gasteiger partial charge in [0, 0.05) is 18.4 Å². The predicted molar refractivity (Wildman–Crippen MR) is 70.8 cm³/mol. The highest BCUT2D eigenvalue weighted by Gasteiger charge is 2.26. The molecule has 0 aliphatic heterocycles. The van der Waals surface area contributed by atoms with Crippen molar-refractivity contribution in [1.82, 2.24) is 0 Å². The molecule has 0 atom stereocenters. The summed E-state index contributed by atoms with van der Waals surface area (Å²) in [5, 5.41) is 0. The lowest BCUT2D eigenvalue weighted by Gasteiger charge is -2.20. The van der Waals surface area contributed by atoms with Gasteiger partial charge in [-0.05, 0) is 23.6 Å². The van der Waals surface area contributed by atoms with Gasteiger partial charge in [-0.3, -0.25) is 9.59 Å². The van der Waals surface area contributed by atoms with Crippen LogP contribution < -0.4 is 0 Å². The van der Waals surface area contributed by atoms with Crippen LogP contribution in [-0.2, 0) is 9.59 Å². The van der Waals surface area contributed by atoms with Crippen LogP contribution in [0.4, 0.5) is 0 Å². The molecule has 1 fully saturated rings. The third-order valence-corrected chi connectivity index (χ3v) is 3.53. The molecule has 1 heterocycles. The van der Waals surface area contributed by atoms with Crippen molar-refractivity contribution < 1.29 is 14.0 Å². The summed E-state index contributed by atoms with van der Waals surface area (Å²) in [7, 11) is 0. The van der Waals surface area contributed by atoms with E-state index >= 15 is 0 Å². The number of hydrogen-bond acceptors (Lipinski definition) is 3. The minimum absolute atomic E-state index is 0.0411. The number of benzene rings is 1. The monoisotopic (exact) mass is 254 g/mol. The quantitative estimate of drug-likeness (QED) is 0.772. The van der Waals surface area contributed by atoms with E-state index in [4.69, 9.17) is 4.42 Å². The van der Waals surface area contributed by atoms with E-state index < -0.39 is 0 Å². The molecule has 3 heteroatoms. The molecular formula is C16H14O3. The van der Waals surface area contributed by atoms with Crippen LogP contribution in [0.3, 0.4) is 0 Å². The van der Waals surface area contributed by atoms with Gasteiger partial charge in [-0.2, -0.15) is 0 Å². The largest absolute Gasteiger partial charge is 0.464 e. The lowest BCUT2D eigenvalue weighted by atomic mass is 9.82. The van der Waals surface area contributed by atoms with E-state index in [9.17, 15) is 9.59 Å². The molecule has 0 radical (unpaired) electrons. The molecule has 2 aromatic rings. The van der Waals surface area contributed by atoms with Crippen LogP contribution in [0.25, 0.3) is 11.3 Å². The van der Waals surface area contributed by atoms with Crippen LogP contribution in [0, 0.1) is 0 Å². The van der Waals surface area contributed by atoms with E-state index in [1.165, 1.54) is 0 Å². The first-order chi connectivity index (χ1) is 9.22. The highest BCUT2D eigenvalue weighted by molar-refractivity contribution is 6.02. The molecule has 0 N–H and O–H groups in total. The zero-order valence-electron chi connectivity index (χ0n) is 10.5. The highest BCUT2D eigenvalue weighted by Crippen LogP contribution is 2.30. The minimum atomic E-state index is 0.0411.